The van der Waals surface area contributed by atoms with Crippen LogP contribution in [0.1, 0.15) is 31.4 Å². The largest absolute Gasteiger partial charge is 0.381 e. The second-order valence-electron chi connectivity index (χ2n) is 5.26. The summed E-state index contributed by atoms with van der Waals surface area (Å²) in [5.74, 6) is 0. The van der Waals surface area contributed by atoms with Crippen LogP contribution in [0, 0.1) is 0 Å². The second-order valence-corrected chi connectivity index (χ2v) is 5.26. The molecule has 1 heterocycles. The van der Waals surface area contributed by atoms with E-state index in [1.165, 1.54) is 5.56 Å². The zero-order valence-corrected chi connectivity index (χ0v) is 11.7. The van der Waals surface area contributed by atoms with E-state index in [-0.39, 0.29) is 0 Å². The monoisotopic (exact) mass is 273 g/mol. The highest BCUT2D eigenvalue weighted by Gasteiger charge is 2.29. The lowest BCUT2D eigenvalue weighted by Gasteiger charge is -2.36. The molecule has 1 aliphatic rings. The molecule has 6 nitrogen and oxygen atoms in total. The molecule has 1 N–H and O–H groups in total. The molecule has 0 aliphatic heterocycles. The molecule has 1 aromatic heterocycles. The minimum Gasteiger partial charge on any atom is -0.381 e. The first kappa shape index (κ1) is 13.2. The minimum atomic E-state index is 0.300. The number of nitrogens with one attached hydrogen (secondary N) is 1. The van der Waals surface area contributed by atoms with Crippen LogP contribution in [0.25, 0.3) is 5.69 Å². The number of tetrazole rings is 1. The lowest BCUT2D eigenvalue weighted by Crippen LogP contribution is -2.45. The van der Waals surface area contributed by atoms with E-state index in [9.17, 15) is 0 Å². The molecule has 1 fully saturated rings. The molecule has 1 saturated carbocycles. The third-order valence-corrected chi connectivity index (χ3v) is 3.90. The van der Waals surface area contributed by atoms with E-state index < -0.39 is 0 Å². The highest BCUT2D eigenvalue weighted by atomic mass is 16.5. The van der Waals surface area contributed by atoms with Gasteiger partial charge < -0.3 is 10.1 Å². The Balaban J connectivity index is 1.66. The molecule has 3 rings (SSSR count). The number of methoxy groups -OCH3 is 1. The Labute approximate surface area is 118 Å². The first-order chi connectivity index (χ1) is 9.76. The molecule has 6 heteroatoms. The van der Waals surface area contributed by atoms with Gasteiger partial charge in [-0.05, 0) is 47.9 Å². The summed E-state index contributed by atoms with van der Waals surface area (Å²) in [7, 11) is 1.78. The molecule has 2 aromatic rings. The lowest BCUT2D eigenvalue weighted by atomic mass is 9.88. The van der Waals surface area contributed by atoms with Gasteiger partial charge in [-0.1, -0.05) is 12.1 Å². The molecule has 1 unspecified atom stereocenters. The highest BCUT2D eigenvalue weighted by molar-refractivity contribution is 5.35. The number of ether oxygens (including phenoxy) is 1. The fourth-order valence-corrected chi connectivity index (χ4v) is 2.56. The smallest absolute Gasteiger partial charge is 0.143 e. The summed E-state index contributed by atoms with van der Waals surface area (Å²) >= 11 is 0. The molecular formula is C14H19N5O. The molecule has 0 saturated heterocycles. The van der Waals surface area contributed by atoms with Crippen molar-refractivity contribution in [2.45, 2.75) is 38.0 Å². The van der Waals surface area contributed by atoms with E-state index in [0.29, 0.717) is 18.2 Å². The van der Waals surface area contributed by atoms with Crippen LogP contribution in [0.4, 0.5) is 0 Å². The van der Waals surface area contributed by atoms with E-state index in [1.807, 2.05) is 12.1 Å². The van der Waals surface area contributed by atoms with Crippen molar-refractivity contribution in [2.75, 3.05) is 7.11 Å². The van der Waals surface area contributed by atoms with Crippen molar-refractivity contribution in [3.8, 4) is 5.69 Å². The van der Waals surface area contributed by atoms with Crippen LogP contribution in [-0.2, 0) is 4.74 Å². The van der Waals surface area contributed by atoms with Crippen molar-refractivity contribution in [3.05, 3.63) is 36.2 Å². The summed E-state index contributed by atoms with van der Waals surface area (Å²) in [6, 6.07) is 9.11. The van der Waals surface area contributed by atoms with E-state index in [4.69, 9.17) is 4.74 Å². The molecule has 1 aliphatic carbocycles. The van der Waals surface area contributed by atoms with Crippen LogP contribution < -0.4 is 5.32 Å². The van der Waals surface area contributed by atoms with Crippen molar-refractivity contribution in [2.24, 2.45) is 0 Å². The van der Waals surface area contributed by atoms with Gasteiger partial charge in [0.1, 0.15) is 6.33 Å². The van der Waals surface area contributed by atoms with Crippen LogP contribution in [0.2, 0.25) is 0 Å². The van der Waals surface area contributed by atoms with Crippen LogP contribution in [-0.4, -0.2) is 39.5 Å². The molecular weight excluding hydrogens is 254 g/mol. The third kappa shape index (κ3) is 2.71. The van der Waals surface area contributed by atoms with Crippen LogP contribution in [0.3, 0.4) is 0 Å². The SMILES string of the molecule is COC1CC(NC(C)c2cccc(-n3cnnn3)c2)C1. The molecule has 1 aromatic carbocycles. The maximum absolute atomic E-state index is 5.31. The molecule has 1 atom stereocenters. The van der Waals surface area contributed by atoms with Gasteiger partial charge in [0, 0.05) is 19.2 Å². The number of nitrogens with zero attached hydrogens (tertiary/aromatic N) is 4. The number of aromatic nitrogens is 4. The molecule has 20 heavy (non-hydrogen) atoms. The maximum Gasteiger partial charge on any atom is 0.143 e. The summed E-state index contributed by atoms with van der Waals surface area (Å²) in [5, 5.41) is 14.9. The summed E-state index contributed by atoms with van der Waals surface area (Å²) < 4.78 is 6.97. The van der Waals surface area contributed by atoms with E-state index in [0.717, 1.165) is 18.5 Å². The molecule has 0 amide bonds. The average molecular weight is 273 g/mol. The van der Waals surface area contributed by atoms with Gasteiger partial charge in [0.05, 0.1) is 11.8 Å². The zero-order valence-electron chi connectivity index (χ0n) is 11.7. The summed E-state index contributed by atoms with van der Waals surface area (Å²) in [5.41, 5.74) is 2.21. The van der Waals surface area contributed by atoms with Gasteiger partial charge in [-0.25, -0.2) is 4.68 Å². The van der Waals surface area contributed by atoms with Crippen molar-refractivity contribution >= 4 is 0 Å². The first-order valence-corrected chi connectivity index (χ1v) is 6.88. The third-order valence-electron chi connectivity index (χ3n) is 3.90. The number of hydrogen-bond donors (Lipinski definition) is 1. The van der Waals surface area contributed by atoms with E-state index >= 15 is 0 Å². The Morgan fingerprint density at radius 1 is 1.40 bits per heavy atom. The maximum atomic E-state index is 5.31. The highest BCUT2D eigenvalue weighted by Crippen LogP contribution is 2.26. The van der Waals surface area contributed by atoms with Crippen LogP contribution in [0.15, 0.2) is 30.6 Å². The van der Waals surface area contributed by atoms with Gasteiger partial charge in [-0.2, -0.15) is 0 Å². The summed E-state index contributed by atoms with van der Waals surface area (Å²) in [4.78, 5) is 0. The van der Waals surface area contributed by atoms with Gasteiger partial charge in [-0.15, -0.1) is 5.10 Å². The minimum absolute atomic E-state index is 0.300. The Kier molecular flexibility index (Phi) is 3.75. The van der Waals surface area contributed by atoms with Crippen molar-refractivity contribution in [1.29, 1.82) is 0 Å². The topological polar surface area (TPSA) is 64.9 Å². The zero-order chi connectivity index (χ0) is 13.9. The van der Waals surface area contributed by atoms with Gasteiger partial charge in [0.15, 0.2) is 0 Å². The van der Waals surface area contributed by atoms with E-state index in [2.05, 4.69) is 39.9 Å². The van der Waals surface area contributed by atoms with Gasteiger partial charge >= 0.3 is 0 Å². The summed E-state index contributed by atoms with van der Waals surface area (Å²) in [6.45, 7) is 2.18. The van der Waals surface area contributed by atoms with Crippen LogP contribution >= 0.6 is 0 Å². The Morgan fingerprint density at radius 2 is 2.25 bits per heavy atom. The Bertz CT molecular complexity index is 550. The van der Waals surface area contributed by atoms with Gasteiger partial charge in [0.2, 0.25) is 0 Å². The summed E-state index contributed by atoms with van der Waals surface area (Å²) in [6.07, 6.45) is 4.21. The quantitative estimate of drug-likeness (QED) is 0.894. The Hall–Kier alpha value is -1.79. The van der Waals surface area contributed by atoms with Crippen molar-refractivity contribution in [3.63, 3.8) is 0 Å². The lowest BCUT2D eigenvalue weighted by molar-refractivity contribution is 0.0147. The standard InChI is InChI=1S/C14H19N5O/c1-10(16-12-7-14(8-12)20-2)11-4-3-5-13(6-11)19-9-15-17-18-19/h3-6,9-10,12,14,16H,7-8H2,1-2H3. The van der Waals surface area contributed by atoms with Crippen molar-refractivity contribution in [1.82, 2.24) is 25.5 Å². The average Bonchev–Trinajstić information content (AvgIpc) is 2.96. The van der Waals surface area contributed by atoms with Gasteiger partial charge in [-0.3, -0.25) is 0 Å². The van der Waals surface area contributed by atoms with Crippen LogP contribution in [0.5, 0.6) is 0 Å². The number of rotatable bonds is 5. The fourth-order valence-electron chi connectivity index (χ4n) is 2.56. The van der Waals surface area contributed by atoms with Crippen molar-refractivity contribution < 1.29 is 4.74 Å². The molecule has 0 radical (unpaired) electrons. The molecule has 0 spiro atoms. The number of benzene rings is 1. The normalized spacial score (nSPS) is 23.3. The number of hydrogen-bond acceptors (Lipinski definition) is 5. The first-order valence-electron chi connectivity index (χ1n) is 6.88. The fraction of sp³-hybridized carbons (Fsp3) is 0.500. The molecule has 106 valence electrons. The second kappa shape index (κ2) is 5.68. The van der Waals surface area contributed by atoms with Gasteiger partial charge in [0.25, 0.3) is 0 Å². The Morgan fingerprint density at radius 3 is 2.95 bits per heavy atom. The predicted molar refractivity (Wildman–Crippen MR) is 74.5 cm³/mol. The van der Waals surface area contributed by atoms with E-state index in [1.54, 1.807) is 18.1 Å². The molecule has 0 bridgehead atoms. The predicted octanol–water partition coefficient (Wildman–Crippen LogP) is 1.49.